The van der Waals surface area contributed by atoms with Crippen LogP contribution in [0, 0.1) is 27.3 Å². The van der Waals surface area contributed by atoms with Crippen molar-refractivity contribution < 1.29 is 9.31 Å². The molecule has 0 fully saturated rings. The molecule has 0 unspecified atom stereocenters. The average Bonchev–Trinajstić information content (AvgIpc) is 2.03. The predicted octanol–water partition coefficient (Wildman–Crippen LogP) is 1.00. The number of nitriles is 1. The van der Waals surface area contributed by atoms with Crippen molar-refractivity contribution in [3.63, 3.8) is 0 Å². The monoisotopic (exact) mass is 167 g/mol. The average molecular weight is 167 g/mol. The van der Waals surface area contributed by atoms with E-state index in [9.17, 15) is 14.5 Å². The molecule has 6 heteroatoms. The van der Waals surface area contributed by atoms with E-state index in [2.05, 4.69) is 4.98 Å². The van der Waals surface area contributed by atoms with Crippen LogP contribution in [0.5, 0.6) is 0 Å². The van der Waals surface area contributed by atoms with Crippen LogP contribution in [-0.4, -0.2) is 9.91 Å². The van der Waals surface area contributed by atoms with E-state index in [4.69, 9.17) is 5.26 Å². The fourth-order valence-electron chi connectivity index (χ4n) is 0.670. The molecule has 0 spiro atoms. The quantitative estimate of drug-likeness (QED) is 0.461. The fraction of sp³-hybridized carbons (Fsp3) is 0. The molecule has 12 heavy (non-hydrogen) atoms. The number of hydrogen-bond acceptors (Lipinski definition) is 4. The van der Waals surface area contributed by atoms with Gasteiger partial charge in [0.1, 0.15) is 12.3 Å². The lowest BCUT2D eigenvalue weighted by Crippen LogP contribution is -1.97. The summed E-state index contributed by atoms with van der Waals surface area (Å²) in [6.45, 7) is 0. The van der Waals surface area contributed by atoms with Gasteiger partial charge in [-0.25, -0.2) is 4.39 Å². The first-order chi connectivity index (χ1) is 5.66. The molecule has 0 radical (unpaired) electrons. The van der Waals surface area contributed by atoms with Gasteiger partial charge >= 0.3 is 5.82 Å². The maximum Gasteiger partial charge on any atom is 0.384 e. The van der Waals surface area contributed by atoms with Crippen molar-refractivity contribution in [3.8, 4) is 6.07 Å². The zero-order valence-electron chi connectivity index (χ0n) is 5.69. The van der Waals surface area contributed by atoms with Crippen LogP contribution in [0.2, 0.25) is 0 Å². The standard InChI is InChI=1S/C6H2FN3O2/c7-5-1-2-9-6(10(11)12)4(5)3-8/h1-2H. The molecule has 0 saturated heterocycles. The molecule has 0 bridgehead atoms. The Labute approximate surface area is 66.2 Å². The summed E-state index contributed by atoms with van der Waals surface area (Å²) in [6.07, 6.45) is 0.939. The van der Waals surface area contributed by atoms with Crippen LogP contribution in [0.1, 0.15) is 5.56 Å². The van der Waals surface area contributed by atoms with Gasteiger partial charge in [0.25, 0.3) is 0 Å². The minimum Gasteiger partial charge on any atom is -0.358 e. The van der Waals surface area contributed by atoms with E-state index in [-0.39, 0.29) is 0 Å². The minimum absolute atomic E-state index is 0.637. The van der Waals surface area contributed by atoms with Gasteiger partial charge in [-0.2, -0.15) is 5.26 Å². The number of rotatable bonds is 1. The normalized spacial score (nSPS) is 9.00. The molecule has 1 heterocycles. The van der Waals surface area contributed by atoms with Gasteiger partial charge in [-0.15, -0.1) is 0 Å². The summed E-state index contributed by atoms with van der Waals surface area (Å²) >= 11 is 0. The van der Waals surface area contributed by atoms with Crippen molar-refractivity contribution in [3.05, 3.63) is 33.8 Å². The summed E-state index contributed by atoms with van der Waals surface area (Å²) in [5.74, 6) is -1.68. The topological polar surface area (TPSA) is 79.8 Å². The van der Waals surface area contributed by atoms with Crippen LogP contribution < -0.4 is 0 Å². The van der Waals surface area contributed by atoms with Crippen LogP contribution in [0.15, 0.2) is 12.3 Å². The summed E-state index contributed by atoms with van der Waals surface area (Å²) in [5, 5.41) is 18.5. The van der Waals surface area contributed by atoms with Gasteiger partial charge in [0.2, 0.25) is 0 Å². The van der Waals surface area contributed by atoms with Crippen LogP contribution in [0.25, 0.3) is 0 Å². The second-order valence-corrected chi connectivity index (χ2v) is 1.86. The molecule has 0 amide bonds. The first kappa shape index (κ1) is 8.07. The molecule has 5 nitrogen and oxygen atoms in total. The van der Waals surface area contributed by atoms with Crippen LogP contribution >= 0.6 is 0 Å². The summed E-state index contributed by atoms with van der Waals surface area (Å²) < 4.78 is 12.6. The third kappa shape index (κ3) is 1.20. The van der Waals surface area contributed by atoms with Gasteiger partial charge in [-0.1, -0.05) is 0 Å². The van der Waals surface area contributed by atoms with Gasteiger partial charge in [0, 0.05) is 6.07 Å². The van der Waals surface area contributed by atoms with E-state index < -0.39 is 22.1 Å². The van der Waals surface area contributed by atoms with Crippen molar-refractivity contribution in [1.29, 1.82) is 5.26 Å². The lowest BCUT2D eigenvalue weighted by Gasteiger charge is -1.93. The maximum absolute atomic E-state index is 12.6. The molecule has 60 valence electrons. The van der Waals surface area contributed by atoms with Gasteiger partial charge in [-0.05, 0) is 9.91 Å². The first-order valence-corrected chi connectivity index (χ1v) is 2.86. The van der Waals surface area contributed by atoms with E-state index in [0.717, 1.165) is 12.3 Å². The summed E-state index contributed by atoms with van der Waals surface area (Å²) in [6, 6.07) is 2.26. The molecule has 0 saturated carbocycles. The number of halogens is 1. The Morgan fingerprint density at radius 2 is 2.42 bits per heavy atom. The Hall–Kier alpha value is -2.03. The van der Waals surface area contributed by atoms with E-state index in [1.54, 1.807) is 0 Å². The van der Waals surface area contributed by atoms with Gasteiger partial charge in [-0.3, -0.25) is 0 Å². The fourth-order valence-corrected chi connectivity index (χ4v) is 0.670. The van der Waals surface area contributed by atoms with E-state index in [0.29, 0.717) is 0 Å². The SMILES string of the molecule is N#Cc1c(F)ccnc1[N+](=O)[O-]. The van der Waals surface area contributed by atoms with Crippen molar-refractivity contribution in [2.24, 2.45) is 0 Å². The van der Waals surface area contributed by atoms with Gasteiger partial charge in [0.15, 0.2) is 11.4 Å². The maximum atomic E-state index is 12.6. The number of aromatic nitrogens is 1. The van der Waals surface area contributed by atoms with Crippen LogP contribution in [0.3, 0.4) is 0 Å². The Kier molecular flexibility index (Phi) is 1.96. The zero-order valence-corrected chi connectivity index (χ0v) is 5.69. The Morgan fingerprint density at radius 1 is 1.75 bits per heavy atom. The molecule has 0 aromatic carbocycles. The molecule has 1 aromatic rings. The van der Waals surface area contributed by atoms with E-state index in [1.165, 1.54) is 6.07 Å². The van der Waals surface area contributed by atoms with Gasteiger partial charge < -0.3 is 10.1 Å². The molecular formula is C6H2FN3O2. The molecule has 1 aromatic heterocycles. The zero-order chi connectivity index (χ0) is 9.14. The second kappa shape index (κ2) is 2.92. The Balaban J connectivity index is 3.40. The Morgan fingerprint density at radius 3 is 2.83 bits per heavy atom. The lowest BCUT2D eigenvalue weighted by molar-refractivity contribution is -0.390. The van der Waals surface area contributed by atoms with Crippen molar-refractivity contribution in [1.82, 2.24) is 4.98 Å². The summed E-state index contributed by atoms with van der Waals surface area (Å²) in [7, 11) is 0. The highest BCUT2D eigenvalue weighted by atomic mass is 19.1. The molecule has 0 atom stereocenters. The summed E-state index contributed by atoms with van der Waals surface area (Å²) in [4.78, 5) is 12.5. The Bertz CT molecular complexity index is 372. The smallest absolute Gasteiger partial charge is 0.358 e. The third-order valence-corrected chi connectivity index (χ3v) is 1.16. The van der Waals surface area contributed by atoms with Crippen LogP contribution in [0.4, 0.5) is 10.2 Å². The number of nitro groups is 1. The lowest BCUT2D eigenvalue weighted by atomic mass is 10.3. The third-order valence-electron chi connectivity index (χ3n) is 1.16. The van der Waals surface area contributed by atoms with Crippen molar-refractivity contribution >= 4 is 5.82 Å². The van der Waals surface area contributed by atoms with Crippen LogP contribution in [-0.2, 0) is 0 Å². The molecule has 0 aliphatic carbocycles. The first-order valence-electron chi connectivity index (χ1n) is 2.86. The highest BCUT2D eigenvalue weighted by molar-refractivity contribution is 5.43. The largest absolute Gasteiger partial charge is 0.384 e. The molecular weight excluding hydrogens is 165 g/mol. The second-order valence-electron chi connectivity index (χ2n) is 1.86. The van der Waals surface area contributed by atoms with E-state index in [1.807, 2.05) is 0 Å². The number of pyridine rings is 1. The molecule has 0 aliphatic rings. The minimum atomic E-state index is -0.931. The van der Waals surface area contributed by atoms with Gasteiger partial charge in [0.05, 0.1) is 0 Å². The van der Waals surface area contributed by atoms with E-state index >= 15 is 0 Å². The van der Waals surface area contributed by atoms with Crippen molar-refractivity contribution in [2.75, 3.05) is 0 Å². The number of nitrogens with zero attached hydrogens (tertiary/aromatic N) is 3. The molecule has 0 N–H and O–H groups in total. The number of hydrogen-bond donors (Lipinski definition) is 0. The molecule has 0 aliphatic heterocycles. The summed E-state index contributed by atoms with van der Waals surface area (Å²) in [5.41, 5.74) is -0.637. The van der Waals surface area contributed by atoms with Crippen molar-refractivity contribution in [2.45, 2.75) is 0 Å². The molecule has 1 rings (SSSR count). The highest BCUT2D eigenvalue weighted by Gasteiger charge is 2.18. The highest BCUT2D eigenvalue weighted by Crippen LogP contribution is 2.15. The predicted molar refractivity (Wildman–Crippen MR) is 35.6 cm³/mol.